The molecule has 0 radical (unpaired) electrons. The van der Waals surface area contributed by atoms with Gasteiger partial charge >= 0.3 is 0 Å². The number of hydrogen-bond acceptors (Lipinski definition) is 6. The zero-order valence-corrected chi connectivity index (χ0v) is 22.3. The molecule has 6 heteroatoms. The molecule has 5 nitrogen and oxygen atoms in total. The van der Waals surface area contributed by atoms with Gasteiger partial charge in [0.05, 0.1) is 24.9 Å². The predicted molar refractivity (Wildman–Crippen MR) is 148 cm³/mol. The number of carbonyl (C=O) groups is 1. The van der Waals surface area contributed by atoms with Gasteiger partial charge in [0.1, 0.15) is 5.82 Å². The van der Waals surface area contributed by atoms with E-state index in [0.717, 1.165) is 55.2 Å². The van der Waals surface area contributed by atoms with Crippen molar-refractivity contribution in [3.8, 4) is 0 Å². The van der Waals surface area contributed by atoms with Crippen LogP contribution in [0.3, 0.4) is 0 Å². The first-order valence-corrected chi connectivity index (χ1v) is 13.7. The standard InChI is InChI=1S/C30H35N3O2S/c1-22-9-11-23(12-10-22)28-26(20-24-6-4-8-27(31-24)32-15-17-35-18-16-32)29(34)30(2,3)21-33(28)14-13-25-7-5-19-36-25/h4-12,19-20,28H,13-18,21H2,1-3H3. The topological polar surface area (TPSA) is 45.7 Å². The number of ketones is 1. The van der Waals surface area contributed by atoms with E-state index in [-0.39, 0.29) is 11.8 Å². The van der Waals surface area contributed by atoms with Gasteiger partial charge in [0, 0.05) is 42.0 Å². The summed E-state index contributed by atoms with van der Waals surface area (Å²) in [5.41, 5.74) is 3.57. The molecule has 188 valence electrons. The molecule has 0 bridgehead atoms. The van der Waals surface area contributed by atoms with Crippen LogP contribution in [0.1, 0.15) is 41.6 Å². The molecule has 0 N–H and O–H groups in total. The Morgan fingerprint density at radius 2 is 1.86 bits per heavy atom. The van der Waals surface area contributed by atoms with Gasteiger partial charge in [-0.3, -0.25) is 9.69 Å². The molecule has 4 heterocycles. The number of pyridine rings is 1. The molecule has 2 fully saturated rings. The van der Waals surface area contributed by atoms with Gasteiger partial charge in [-0.15, -0.1) is 11.3 Å². The summed E-state index contributed by atoms with van der Waals surface area (Å²) in [4.78, 5) is 25.0. The summed E-state index contributed by atoms with van der Waals surface area (Å²) in [5, 5.41) is 2.13. The van der Waals surface area contributed by atoms with Gasteiger partial charge in [-0.25, -0.2) is 4.98 Å². The van der Waals surface area contributed by atoms with Crippen LogP contribution < -0.4 is 4.90 Å². The van der Waals surface area contributed by atoms with Crippen molar-refractivity contribution in [1.82, 2.24) is 9.88 Å². The Bertz CT molecular complexity index is 1210. The minimum absolute atomic E-state index is 0.0973. The maximum absolute atomic E-state index is 13.9. The first kappa shape index (κ1) is 24.9. The quantitative estimate of drug-likeness (QED) is 0.414. The lowest BCUT2D eigenvalue weighted by Crippen LogP contribution is -2.49. The van der Waals surface area contributed by atoms with Crippen molar-refractivity contribution in [3.63, 3.8) is 0 Å². The largest absolute Gasteiger partial charge is 0.378 e. The van der Waals surface area contributed by atoms with Gasteiger partial charge in [-0.1, -0.05) is 55.8 Å². The molecule has 1 atom stereocenters. The number of hydrogen-bond donors (Lipinski definition) is 0. The van der Waals surface area contributed by atoms with E-state index in [2.05, 4.69) is 72.3 Å². The van der Waals surface area contributed by atoms with Crippen LogP contribution in [-0.4, -0.2) is 55.1 Å². The van der Waals surface area contributed by atoms with E-state index in [1.807, 2.05) is 24.3 Å². The number of anilines is 1. The Morgan fingerprint density at radius 1 is 1.08 bits per heavy atom. The van der Waals surface area contributed by atoms with Crippen molar-refractivity contribution in [2.45, 2.75) is 33.2 Å². The van der Waals surface area contributed by atoms with Gasteiger partial charge in [0.25, 0.3) is 0 Å². The molecule has 2 aromatic heterocycles. The third-order valence-electron chi connectivity index (χ3n) is 7.15. The maximum atomic E-state index is 13.9. The summed E-state index contributed by atoms with van der Waals surface area (Å²) in [7, 11) is 0. The van der Waals surface area contributed by atoms with Gasteiger partial charge in [0.15, 0.2) is 5.78 Å². The van der Waals surface area contributed by atoms with E-state index < -0.39 is 5.41 Å². The number of likely N-dealkylation sites (tertiary alicyclic amines) is 1. The average Bonchev–Trinajstić information content (AvgIpc) is 3.41. The van der Waals surface area contributed by atoms with Gasteiger partial charge in [-0.2, -0.15) is 0 Å². The second kappa shape index (κ2) is 10.7. The molecule has 0 saturated carbocycles. The Balaban J connectivity index is 1.54. The molecule has 1 aromatic carbocycles. The molecule has 2 aliphatic rings. The van der Waals surface area contributed by atoms with Crippen LogP contribution in [0, 0.1) is 12.3 Å². The van der Waals surface area contributed by atoms with Gasteiger partial charge in [0.2, 0.25) is 0 Å². The fourth-order valence-corrected chi connectivity index (χ4v) is 5.93. The summed E-state index contributed by atoms with van der Waals surface area (Å²) in [5.74, 6) is 1.15. The predicted octanol–water partition coefficient (Wildman–Crippen LogP) is 5.57. The highest BCUT2D eigenvalue weighted by molar-refractivity contribution is 7.09. The maximum Gasteiger partial charge on any atom is 0.167 e. The van der Waals surface area contributed by atoms with Crippen LogP contribution in [0.2, 0.25) is 0 Å². The second-order valence-electron chi connectivity index (χ2n) is 10.4. The van der Waals surface area contributed by atoms with Crippen molar-refractivity contribution < 1.29 is 9.53 Å². The Hall–Kier alpha value is -2.80. The van der Waals surface area contributed by atoms with E-state index >= 15 is 0 Å². The van der Waals surface area contributed by atoms with E-state index in [9.17, 15) is 4.79 Å². The summed E-state index contributed by atoms with van der Waals surface area (Å²) >= 11 is 1.80. The number of rotatable bonds is 6. The molecule has 0 amide bonds. The molecule has 2 saturated heterocycles. The highest BCUT2D eigenvalue weighted by atomic mass is 32.1. The van der Waals surface area contributed by atoms with E-state index in [4.69, 9.17) is 9.72 Å². The highest BCUT2D eigenvalue weighted by Gasteiger charge is 2.43. The van der Waals surface area contributed by atoms with Crippen LogP contribution in [0.5, 0.6) is 0 Å². The summed E-state index contributed by atoms with van der Waals surface area (Å²) in [6.45, 7) is 11.0. The monoisotopic (exact) mass is 501 g/mol. The molecule has 2 aliphatic heterocycles. The normalized spacial score (nSPS) is 21.8. The summed E-state index contributed by atoms with van der Waals surface area (Å²) in [6.07, 6.45) is 3.01. The van der Waals surface area contributed by atoms with Crippen LogP contribution in [0.15, 0.2) is 65.6 Å². The first-order chi connectivity index (χ1) is 17.4. The van der Waals surface area contributed by atoms with E-state index in [0.29, 0.717) is 13.2 Å². The molecular formula is C30H35N3O2S. The molecule has 1 unspecified atom stereocenters. The minimum Gasteiger partial charge on any atom is -0.378 e. The Kier molecular flexibility index (Phi) is 7.37. The first-order valence-electron chi connectivity index (χ1n) is 12.8. The molecule has 36 heavy (non-hydrogen) atoms. The number of piperidine rings is 1. The summed E-state index contributed by atoms with van der Waals surface area (Å²) < 4.78 is 5.51. The zero-order chi connectivity index (χ0) is 25.1. The third-order valence-corrected chi connectivity index (χ3v) is 8.08. The summed E-state index contributed by atoms with van der Waals surface area (Å²) in [6, 6.07) is 18.9. The van der Waals surface area contributed by atoms with Gasteiger partial charge in [-0.05, 0) is 48.6 Å². The van der Waals surface area contributed by atoms with Crippen molar-refractivity contribution in [2.24, 2.45) is 5.41 Å². The molecule has 0 spiro atoms. The minimum atomic E-state index is -0.468. The number of morpholine rings is 1. The smallest absolute Gasteiger partial charge is 0.167 e. The number of aromatic nitrogens is 1. The fraction of sp³-hybridized carbons (Fsp3) is 0.400. The molecule has 3 aromatic rings. The average molecular weight is 502 g/mol. The Morgan fingerprint density at radius 3 is 2.58 bits per heavy atom. The number of thiophene rings is 1. The zero-order valence-electron chi connectivity index (χ0n) is 21.4. The highest BCUT2D eigenvalue weighted by Crippen LogP contribution is 2.42. The van der Waals surface area contributed by atoms with Crippen LogP contribution in [0.4, 0.5) is 5.82 Å². The van der Waals surface area contributed by atoms with E-state index in [1.54, 1.807) is 11.3 Å². The van der Waals surface area contributed by atoms with Crippen LogP contribution in [0.25, 0.3) is 6.08 Å². The van der Waals surface area contributed by atoms with Crippen molar-refractivity contribution in [3.05, 3.63) is 87.2 Å². The third kappa shape index (κ3) is 5.46. The number of Topliss-reactive ketones (excluding diaryl/α,β-unsaturated/α-hetero) is 1. The van der Waals surface area contributed by atoms with Crippen molar-refractivity contribution in [2.75, 3.05) is 44.3 Å². The number of aryl methyl sites for hydroxylation is 1. The number of nitrogens with zero attached hydrogens (tertiary/aromatic N) is 3. The lowest BCUT2D eigenvalue weighted by atomic mass is 9.74. The lowest BCUT2D eigenvalue weighted by Gasteiger charge is -2.44. The number of ether oxygens (including phenoxy) is 1. The van der Waals surface area contributed by atoms with Crippen LogP contribution >= 0.6 is 11.3 Å². The molecular weight excluding hydrogens is 466 g/mol. The van der Waals surface area contributed by atoms with E-state index in [1.165, 1.54) is 10.4 Å². The van der Waals surface area contributed by atoms with Crippen molar-refractivity contribution in [1.29, 1.82) is 0 Å². The molecule has 5 rings (SSSR count). The van der Waals surface area contributed by atoms with Crippen LogP contribution in [-0.2, 0) is 16.0 Å². The van der Waals surface area contributed by atoms with Crippen molar-refractivity contribution >= 4 is 29.0 Å². The van der Waals surface area contributed by atoms with Gasteiger partial charge < -0.3 is 9.64 Å². The fourth-order valence-electron chi connectivity index (χ4n) is 5.23. The number of benzene rings is 1. The SMILES string of the molecule is Cc1ccc(C2C(=Cc3cccc(N4CCOCC4)n3)C(=O)C(C)(C)CN2CCc2cccs2)cc1. The lowest BCUT2D eigenvalue weighted by molar-refractivity contribution is -0.128. The second-order valence-corrected chi connectivity index (χ2v) is 11.5. The molecule has 0 aliphatic carbocycles. The Labute approximate surface area is 218 Å². The number of carbonyl (C=O) groups excluding carboxylic acids is 1.